The van der Waals surface area contributed by atoms with Gasteiger partial charge in [-0.1, -0.05) is 51.9 Å². The van der Waals surface area contributed by atoms with Gasteiger partial charge in [-0.05, 0) is 37.0 Å². The van der Waals surface area contributed by atoms with Gasteiger partial charge in [-0.25, -0.2) is 0 Å². The van der Waals surface area contributed by atoms with Crippen molar-refractivity contribution in [3.63, 3.8) is 0 Å². The van der Waals surface area contributed by atoms with Gasteiger partial charge in [0.15, 0.2) is 0 Å². The quantitative estimate of drug-likeness (QED) is 0.811. The van der Waals surface area contributed by atoms with Crippen molar-refractivity contribution in [2.24, 2.45) is 17.8 Å². The van der Waals surface area contributed by atoms with Crippen LogP contribution in [-0.2, 0) is 4.74 Å². The van der Waals surface area contributed by atoms with Gasteiger partial charge in [-0.3, -0.25) is 0 Å². The standard InChI is InChI=1S/C17H32O2/c1-14(11-13-19-2)17(18)12-7-6-10-16(17)15-8-4-3-5-9-15/h14-16,18H,3-13H2,1-2H3. The summed E-state index contributed by atoms with van der Waals surface area (Å²) in [6.07, 6.45) is 12.6. The molecular formula is C17H32O2. The Hall–Kier alpha value is -0.0800. The molecule has 0 radical (unpaired) electrons. The summed E-state index contributed by atoms with van der Waals surface area (Å²) >= 11 is 0. The monoisotopic (exact) mass is 268 g/mol. The summed E-state index contributed by atoms with van der Waals surface area (Å²) < 4.78 is 5.22. The van der Waals surface area contributed by atoms with Crippen molar-refractivity contribution < 1.29 is 9.84 Å². The first kappa shape index (κ1) is 15.3. The zero-order valence-corrected chi connectivity index (χ0v) is 12.9. The van der Waals surface area contributed by atoms with Crippen molar-refractivity contribution in [1.82, 2.24) is 0 Å². The van der Waals surface area contributed by atoms with E-state index in [0.717, 1.165) is 25.4 Å². The molecule has 2 aliphatic carbocycles. The molecule has 2 nitrogen and oxygen atoms in total. The summed E-state index contributed by atoms with van der Waals surface area (Å²) in [6.45, 7) is 3.01. The van der Waals surface area contributed by atoms with Gasteiger partial charge in [0.1, 0.15) is 0 Å². The largest absolute Gasteiger partial charge is 0.389 e. The number of hydrogen-bond acceptors (Lipinski definition) is 2. The van der Waals surface area contributed by atoms with Crippen LogP contribution in [0.4, 0.5) is 0 Å². The molecule has 2 rings (SSSR count). The van der Waals surface area contributed by atoms with Gasteiger partial charge in [0.2, 0.25) is 0 Å². The molecule has 2 aliphatic rings. The van der Waals surface area contributed by atoms with E-state index in [1.54, 1.807) is 7.11 Å². The summed E-state index contributed by atoms with van der Waals surface area (Å²) in [6, 6.07) is 0. The Morgan fingerprint density at radius 3 is 2.47 bits per heavy atom. The van der Waals surface area contributed by atoms with E-state index >= 15 is 0 Å². The average molecular weight is 268 g/mol. The molecular weight excluding hydrogens is 236 g/mol. The van der Waals surface area contributed by atoms with Gasteiger partial charge >= 0.3 is 0 Å². The average Bonchev–Trinajstić information content (AvgIpc) is 2.46. The number of ether oxygens (including phenoxy) is 1. The smallest absolute Gasteiger partial charge is 0.0704 e. The Bertz CT molecular complexity index is 260. The van der Waals surface area contributed by atoms with E-state index in [1.807, 2.05) is 0 Å². The third kappa shape index (κ3) is 3.52. The molecule has 2 heteroatoms. The van der Waals surface area contributed by atoms with Crippen molar-refractivity contribution >= 4 is 0 Å². The molecule has 0 bridgehead atoms. The van der Waals surface area contributed by atoms with Crippen LogP contribution in [0.2, 0.25) is 0 Å². The van der Waals surface area contributed by atoms with E-state index in [0.29, 0.717) is 11.8 Å². The van der Waals surface area contributed by atoms with Gasteiger partial charge in [0, 0.05) is 13.7 Å². The number of methoxy groups -OCH3 is 1. The second kappa shape index (κ2) is 7.08. The first-order valence-electron chi connectivity index (χ1n) is 8.40. The Balaban J connectivity index is 2.04. The van der Waals surface area contributed by atoms with Crippen molar-refractivity contribution in [3.05, 3.63) is 0 Å². The highest BCUT2D eigenvalue weighted by Gasteiger charge is 2.46. The second-order valence-corrected chi connectivity index (χ2v) is 6.92. The normalized spacial score (nSPS) is 35.2. The summed E-state index contributed by atoms with van der Waals surface area (Å²) in [5, 5.41) is 11.3. The lowest BCUT2D eigenvalue weighted by atomic mass is 9.61. The molecule has 3 atom stereocenters. The first-order chi connectivity index (χ1) is 9.18. The minimum absolute atomic E-state index is 0.375. The van der Waals surface area contributed by atoms with E-state index in [1.165, 1.54) is 51.4 Å². The molecule has 1 N–H and O–H groups in total. The minimum atomic E-state index is -0.418. The van der Waals surface area contributed by atoms with E-state index in [9.17, 15) is 5.11 Å². The molecule has 2 fully saturated rings. The third-order valence-corrected chi connectivity index (χ3v) is 5.81. The third-order valence-electron chi connectivity index (χ3n) is 5.81. The van der Waals surface area contributed by atoms with Crippen molar-refractivity contribution in [1.29, 1.82) is 0 Å². The maximum atomic E-state index is 11.3. The Morgan fingerprint density at radius 2 is 1.79 bits per heavy atom. The molecule has 3 unspecified atom stereocenters. The lowest BCUT2D eigenvalue weighted by Gasteiger charge is -2.48. The summed E-state index contributed by atoms with van der Waals surface area (Å²) in [5.74, 6) is 1.71. The highest BCUT2D eigenvalue weighted by Crippen LogP contribution is 2.47. The first-order valence-corrected chi connectivity index (χ1v) is 8.40. The lowest BCUT2D eigenvalue weighted by molar-refractivity contribution is -0.118. The molecule has 19 heavy (non-hydrogen) atoms. The summed E-state index contributed by atoms with van der Waals surface area (Å²) in [4.78, 5) is 0. The molecule has 112 valence electrons. The second-order valence-electron chi connectivity index (χ2n) is 6.92. The van der Waals surface area contributed by atoms with Gasteiger partial charge in [-0.2, -0.15) is 0 Å². The van der Waals surface area contributed by atoms with Gasteiger partial charge in [-0.15, -0.1) is 0 Å². The van der Waals surface area contributed by atoms with Crippen molar-refractivity contribution in [3.8, 4) is 0 Å². The molecule has 0 aromatic carbocycles. The summed E-state index contributed by atoms with van der Waals surface area (Å²) in [7, 11) is 1.76. The van der Waals surface area contributed by atoms with Crippen LogP contribution in [0.5, 0.6) is 0 Å². The predicted octanol–water partition coefficient (Wildman–Crippen LogP) is 4.16. The van der Waals surface area contributed by atoms with Crippen molar-refractivity contribution in [2.45, 2.75) is 76.7 Å². The van der Waals surface area contributed by atoms with Gasteiger partial charge in [0.25, 0.3) is 0 Å². The zero-order valence-electron chi connectivity index (χ0n) is 12.9. The molecule has 0 heterocycles. The fourth-order valence-corrected chi connectivity index (χ4v) is 4.54. The van der Waals surface area contributed by atoms with Gasteiger partial charge in [0.05, 0.1) is 5.60 Å². The van der Waals surface area contributed by atoms with E-state index in [-0.39, 0.29) is 0 Å². The Kier molecular flexibility index (Phi) is 5.70. The molecule has 2 saturated carbocycles. The van der Waals surface area contributed by atoms with Crippen LogP contribution in [0.3, 0.4) is 0 Å². The fourth-order valence-electron chi connectivity index (χ4n) is 4.54. The number of rotatable bonds is 5. The predicted molar refractivity (Wildman–Crippen MR) is 79.1 cm³/mol. The molecule has 0 aromatic heterocycles. The number of hydrogen-bond donors (Lipinski definition) is 1. The van der Waals surface area contributed by atoms with Gasteiger partial charge < -0.3 is 9.84 Å². The Labute approximate surface area is 118 Å². The van der Waals surface area contributed by atoms with Crippen LogP contribution >= 0.6 is 0 Å². The minimum Gasteiger partial charge on any atom is -0.389 e. The van der Waals surface area contributed by atoms with Crippen molar-refractivity contribution in [2.75, 3.05) is 13.7 Å². The zero-order chi connectivity index (χ0) is 13.7. The molecule has 0 aliphatic heterocycles. The van der Waals surface area contributed by atoms with Crippen LogP contribution in [0.25, 0.3) is 0 Å². The topological polar surface area (TPSA) is 29.5 Å². The Morgan fingerprint density at radius 1 is 1.11 bits per heavy atom. The highest BCUT2D eigenvalue weighted by atomic mass is 16.5. The van der Waals surface area contributed by atoms with E-state index in [4.69, 9.17) is 4.74 Å². The summed E-state index contributed by atoms with van der Waals surface area (Å²) in [5.41, 5.74) is -0.418. The van der Waals surface area contributed by atoms with Crippen LogP contribution in [0.1, 0.15) is 71.1 Å². The molecule has 0 amide bonds. The van der Waals surface area contributed by atoms with Crippen LogP contribution in [0, 0.1) is 17.8 Å². The molecule has 0 saturated heterocycles. The molecule has 0 spiro atoms. The molecule has 0 aromatic rings. The lowest BCUT2D eigenvalue weighted by Crippen LogP contribution is -2.49. The van der Waals surface area contributed by atoms with Crippen LogP contribution in [-0.4, -0.2) is 24.4 Å². The maximum Gasteiger partial charge on any atom is 0.0704 e. The highest BCUT2D eigenvalue weighted by molar-refractivity contribution is 4.97. The van der Waals surface area contributed by atoms with Crippen LogP contribution < -0.4 is 0 Å². The maximum absolute atomic E-state index is 11.3. The van der Waals surface area contributed by atoms with Crippen LogP contribution in [0.15, 0.2) is 0 Å². The van der Waals surface area contributed by atoms with E-state index in [2.05, 4.69) is 6.92 Å². The number of aliphatic hydroxyl groups is 1. The van der Waals surface area contributed by atoms with E-state index < -0.39 is 5.60 Å². The fraction of sp³-hybridized carbons (Fsp3) is 1.00. The SMILES string of the molecule is COCCC(C)C1(O)CCCCC1C1CCCCC1.